The fraction of sp³-hybridized carbons (Fsp3) is 0.179. The highest BCUT2D eigenvalue weighted by Gasteiger charge is 2.23. The van der Waals surface area contributed by atoms with Crippen LogP contribution in [0.4, 0.5) is 0 Å². The van der Waals surface area contributed by atoms with Crippen LogP contribution >= 0.6 is 0 Å². The smallest absolute Gasteiger partial charge is 0.282 e. The number of benzene rings is 2. The molecule has 2 aromatic carbocycles. The first-order valence-corrected chi connectivity index (χ1v) is 11.5. The summed E-state index contributed by atoms with van der Waals surface area (Å²) in [5.41, 5.74) is 8.13. The first-order valence-electron chi connectivity index (χ1n) is 11.5. The van der Waals surface area contributed by atoms with Gasteiger partial charge >= 0.3 is 0 Å². The Morgan fingerprint density at radius 3 is 2.64 bits per heavy atom. The van der Waals surface area contributed by atoms with Gasteiger partial charge in [-0.15, -0.1) is 0 Å². The molecule has 1 aliphatic rings. The fourth-order valence-corrected chi connectivity index (χ4v) is 4.93. The summed E-state index contributed by atoms with van der Waals surface area (Å²) >= 11 is 0. The zero-order valence-corrected chi connectivity index (χ0v) is 18.5. The molecule has 33 heavy (non-hydrogen) atoms. The van der Waals surface area contributed by atoms with Crippen LogP contribution in [0.2, 0.25) is 0 Å². The summed E-state index contributed by atoms with van der Waals surface area (Å²) in [5.74, 6) is 0. The molecular weight excluding hydrogens is 408 g/mol. The van der Waals surface area contributed by atoms with Crippen molar-refractivity contribution in [3.63, 3.8) is 0 Å². The number of aryl methyl sites for hydroxylation is 1. The summed E-state index contributed by atoms with van der Waals surface area (Å²) < 4.78 is 1.56. The van der Waals surface area contributed by atoms with Crippen LogP contribution in [0.15, 0.2) is 77.7 Å². The Hall–Kier alpha value is -3.99. The van der Waals surface area contributed by atoms with Crippen molar-refractivity contribution in [2.75, 3.05) is 0 Å². The van der Waals surface area contributed by atoms with Gasteiger partial charge in [0.15, 0.2) is 0 Å². The van der Waals surface area contributed by atoms with E-state index in [4.69, 9.17) is 5.10 Å². The molecule has 0 saturated heterocycles. The average Bonchev–Trinajstić information content (AvgIpc) is 3.24. The number of hydrogen-bond donors (Lipinski definition) is 1. The van der Waals surface area contributed by atoms with Crippen molar-refractivity contribution < 1.29 is 0 Å². The van der Waals surface area contributed by atoms with Crippen molar-refractivity contribution >= 4 is 22.1 Å². The minimum absolute atomic E-state index is 0.107. The van der Waals surface area contributed by atoms with Crippen LogP contribution in [0.5, 0.6) is 0 Å². The van der Waals surface area contributed by atoms with Gasteiger partial charge in [-0.1, -0.05) is 48.5 Å². The lowest BCUT2D eigenvalue weighted by molar-refractivity contribution is 0.742. The molecule has 0 spiro atoms. The molecule has 1 aliphatic carbocycles. The third kappa shape index (κ3) is 3.28. The van der Waals surface area contributed by atoms with Gasteiger partial charge in [-0.25, -0.2) is 0 Å². The Labute approximate surface area is 191 Å². The van der Waals surface area contributed by atoms with E-state index in [-0.39, 0.29) is 5.56 Å². The first-order chi connectivity index (χ1) is 16.2. The molecule has 6 rings (SSSR count). The van der Waals surface area contributed by atoms with E-state index in [1.807, 2.05) is 55.5 Å². The maximum absolute atomic E-state index is 13.8. The summed E-state index contributed by atoms with van der Waals surface area (Å²) in [7, 11) is 0. The van der Waals surface area contributed by atoms with Crippen LogP contribution < -0.4 is 5.56 Å². The molecule has 0 radical (unpaired) electrons. The van der Waals surface area contributed by atoms with E-state index < -0.39 is 0 Å². The van der Waals surface area contributed by atoms with E-state index in [9.17, 15) is 4.79 Å². The molecule has 0 aliphatic heterocycles. The van der Waals surface area contributed by atoms with Crippen LogP contribution in [-0.2, 0) is 0 Å². The number of aromatic nitrogens is 4. The van der Waals surface area contributed by atoms with Gasteiger partial charge in [-0.2, -0.15) is 9.61 Å². The zero-order chi connectivity index (χ0) is 22.4. The van der Waals surface area contributed by atoms with Crippen molar-refractivity contribution in [1.82, 2.24) is 19.6 Å². The standard InChI is InChI=1S/C28H24N4O/c1-18-24(22-14-15-23-21(17-22)13-8-16-29-23)28(33)32-27(30-18)25(19-9-4-2-5-10-19)26(31-32)20-11-6-3-7-12-20/h3,6-9,11-17,30H,2,4-5,10H2,1H3. The third-order valence-electron chi connectivity index (χ3n) is 6.52. The van der Waals surface area contributed by atoms with E-state index >= 15 is 0 Å². The number of allylic oxidation sites excluding steroid dienone is 2. The maximum Gasteiger partial charge on any atom is 0.282 e. The van der Waals surface area contributed by atoms with E-state index in [0.717, 1.165) is 63.9 Å². The number of nitrogens with zero attached hydrogens (tertiary/aromatic N) is 3. The molecule has 3 heterocycles. The summed E-state index contributed by atoms with van der Waals surface area (Å²) in [6.45, 7) is 1.97. The van der Waals surface area contributed by atoms with Gasteiger partial charge in [-0.05, 0) is 61.9 Å². The van der Waals surface area contributed by atoms with E-state index in [0.29, 0.717) is 5.56 Å². The highest BCUT2D eigenvalue weighted by atomic mass is 16.1. The SMILES string of the molecule is Cc1[nH]c2c(C3=CCCCC3)c(-c3ccccc3)nn2c(=O)c1-c1ccc2ncccc2c1. The van der Waals surface area contributed by atoms with E-state index in [1.165, 1.54) is 12.0 Å². The molecule has 0 bridgehead atoms. The van der Waals surface area contributed by atoms with Crippen molar-refractivity contribution in [3.05, 3.63) is 94.5 Å². The second-order valence-electron chi connectivity index (χ2n) is 8.67. The Bertz CT molecular complexity index is 1590. The van der Waals surface area contributed by atoms with Crippen LogP contribution in [0.1, 0.15) is 36.9 Å². The number of fused-ring (bicyclic) bond motifs is 2. The van der Waals surface area contributed by atoms with Crippen molar-refractivity contribution in [1.29, 1.82) is 0 Å². The van der Waals surface area contributed by atoms with Gasteiger partial charge < -0.3 is 4.98 Å². The molecule has 162 valence electrons. The van der Waals surface area contributed by atoms with Crippen LogP contribution in [0, 0.1) is 6.92 Å². The molecule has 5 heteroatoms. The number of aromatic amines is 1. The third-order valence-corrected chi connectivity index (χ3v) is 6.52. The maximum atomic E-state index is 13.8. The quantitative estimate of drug-likeness (QED) is 0.371. The number of H-pyrrole nitrogens is 1. The van der Waals surface area contributed by atoms with Crippen molar-refractivity contribution in [3.8, 4) is 22.4 Å². The molecule has 5 nitrogen and oxygen atoms in total. The normalized spacial score (nSPS) is 14.0. The number of pyridine rings is 1. The van der Waals surface area contributed by atoms with Crippen LogP contribution in [0.3, 0.4) is 0 Å². The van der Waals surface area contributed by atoms with Crippen LogP contribution in [-0.4, -0.2) is 19.6 Å². The Kier molecular flexibility index (Phi) is 4.68. The summed E-state index contributed by atoms with van der Waals surface area (Å²) in [6.07, 6.45) is 8.52. The highest BCUT2D eigenvalue weighted by Crippen LogP contribution is 2.36. The van der Waals surface area contributed by atoms with Crippen molar-refractivity contribution in [2.24, 2.45) is 0 Å². The summed E-state index contributed by atoms with van der Waals surface area (Å²) in [6, 6.07) is 20.0. The lowest BCUT2D eigenvalue weighted by Crippen LogP contribution is -2.19. The predicted molar refractivity (Wildman–Crippen MR) is 133 cm³/mol. The van der Waals surface area contributed by atoms with Crippen LogP contribution in [0.25, 0.3) is 44.5 Å². The fourth-order valence-electron chi connectivity index (χ4n) is 4.93. The molecule has 0 saturated carbocycles. The first kappa shape index (κ1) is 19.7. The lowest BCUT2D eigenvalue weighted by Gasteiger charge is -2.14. The second-order valence-corrected chi connectivity index (χ2v) is 8.67. The van der Waals surface area contributed by atoms with E-state index in [2.05, 4.69) is 28.2 Å². The number of hydrogen-bond acceptors (Lipinski definition) is 3. The summed E-state index contributed by atoms with van der Waals surface area (Å²) in [5, 5.41) is 5.87. The molecule has 1 N–H and O–H groups in total. The summed E-state index contributed by atoms with van der Waals surface area (Å²) in [4.78, 5) is 21.8. The Morgan fingerprint density at radius 2 is 1.82 bits per heavy atom. The van der Waals surface area contributed by atoms with Crippen molar-refractivity contribution in [2.45, 2.75) is 32.6 Å². The largest absolute Gasteiger partial charge is 0.343 e. The van der Waals surface area contributed by atoms with Gasteiger partial charge in [0.25, 0.3) is 5.56 Å². The van der Waals surface area contributed by atoms with E-state index in [1.54, 1.807) is 10.7 Å². The molecule has 0 fully saturated rings. The lowest BCUT2D eigenvalue weighted by atomic mass is 9.92. The second kappa shape index (κ2) is 7.85. The topological polar surface area (TPSA) is 63.1 Å². The number of rotatable bonds is 3. The molecule has 0 amide bonds. The highest BCUT2D eigenvalue weighted by molar-refractivity contribution is 5.89. The molecule has 5 aromatic rings. The monoisotopic (exact) mass is 432 g/mol. The Morgan fingerprint density at radius 1 is 0.939 bits per heavy atom. The predicted octanol–water partition coefficient (Wildman–Crippen LogP) is 6.17. The van der Waals surface area contributed by atoms with Gasteiger partial charge in [0.1, 0.15) is 11.3 Å². The molecule has 3 aromatic heterocycles. The Balaban J connectivity index is 1.63. The average molecular weight is 433 g/mol. The minimum Gasteiger partial charge on any atom is -0.343 e. The minimum atomic E-state index is -0.107. The molecular formula is C28H24N4O. The van der Waals surface area contributed by atoms with Gasteiger partial charge in [0.05, 0.1) is 11.1 Å². The molecule has 0 unspecified atom stereocenters. The van der Waals surface area contributed by atoms with Gasteiger partial charge in [-0.3, -0.25) is 9.78 Å². The van der Waals surface area contributed by atoms with Gasteiger partial charge in [0, 0.05) is 28.4 Å². The molecule has 0 atom stereocenters. The zero-order valence-electron chi connectivity index (χ0n) is 18.5. The number of nitrogens with one attached hydrogen (secondary N) is 1. The van der Waals surface area contributed by atoms with Gasteiger partial charge in [0.2, 0.25) is 0 Å².